The normalized spacial score (nSPS) is 25.5. The molecule has 7 nitrogen and oxygen atoms in total. The van der Waals surface area contributed by atoms with E-state index in [1.54, 1.807) is 0 Å². The average molecular weight is 342 g/mol. The van der Waals surface area contributed by atoms with Gasteiger partial charge in [-0.25, -0.2) is 22.8 Å². The van der Waals surface area contributed by atoms with Crippen LogP contribution in [0.4, 0.5) is 0 Å². The van der Waals surface area contributed by atoms with Gasteiger partial charge < -0.3 is 4.74 Å². The van der Waals surface area contributed by atoms with Gasteiger partial charge in [0.15, 0.2) is 5.82 Å². The second-order valence-corrected chi connectivity index (χ2v) is 8.59. The Morgan fingerprint density at radius 1 is 1.30 bits per heavy atom. The molecular formula is C15H26N4O3S. The molecule has 2 atom stereocenters. The van der Waals surface area contributed by atoms with Gasteiger partial charge in [0.1, 0.15) is 5.82 Å². The lowest BCUT2D eigenvalue weighted by molar-refractivity contribution is 0.0303. The quantitative estimate of drug-likeness (QED) is 0.880. The van der Waals surface area contributed by atoms with Gasteiger partial charge in [-0.3, -0.25) is 0 Å². The van der Waals surface area contributed by atoms with Gasteiger partial charge in [-0.15, -0.1) is 0 Å². The third-order valence-electron chi connectivity index (χ3n) is 4.41. The highest BCUT2D eigenvalue weighted by Crippen LogP contribution is 2.26. The second-order valence-electron chi connectivity index (χ2n) is 6.79. The zero-order valence-corrected chi connectivity index (χ0v) is 14.7. The Morgan fingerprint density at radius 2 is 2.13 bits per heavy atom. The number of rotatable bonds is 5. The smallest absolute Gasteiger partial charge is 0.214 e. The number of nitrogens with one attached hydrogen (secondary N) is 1. The van der Waals surface area contributed by atoms with Crippen LogP contribution in [0.25, 0.3) is 0 Å². The molecule has 2 aliphatic heterocycles. The Balaban J connectivity index is 1.70. The fourth-order valence-electron chi connectivity index (χ4n) is 3.17. The minimum atomic E-state index is -3.39. The van der Waals surface area contributed by atoms with Gasteiger partial charge in [0.05, 0.1) is 17.9 Å². The molecule has 130 valence electrons. The van der Waals surface area contributed by atoms with Crippen LogP contribution >= 0.6 is 0 Å². The molecule has 1 aromatic heterocycles. The highest BCUT2D eigenvalue weighted by atomic mass is 32.2. The van der Waals surface area contributed by atoms with Crippen LogP contribution in [-0.2, 0) is 21.3 Å². The molecule has 3 heterocycles. The Morgan fingerprint density at radius 3 is 2.83 bits per heavy atom. The van der Waals surface area contributed by atoms with Crippen LogP contribution in [0.1, 0.15) is 69.6 Å². The van der Waals surface area contributed by atoms with Crippen LogP contribution in [0.5, 0.6) is 0 Å². The topological polar surface area (TPSA) is 86.1 Å². The average Bonchev–Trinajstić information content (AvgIpc) is 2.93. The summed E-state index contributed by atoms with van der Waals surface area (Å²) < 4.78 is 35.2. The van der Waals surface area contributed by atoms with Gasteiger partial charge in [-0.2, -0.15) is 5.10 Å². The first-order valence-corrected chi connectivity index (χ1v) is 10.2. The summed E-state index contributed by atoms with van der Waals surface area (Å²) in [4.78, 5) is 4.56. The number of aromatic nitrogens is 3. The van der Waals surface area contributed by atoms with Gasteiger partial charge in [0.25, 0.3) is 0 Å². The standard InChI is InChI=1S/C15H26N4O3S/c1-11(2)14-16-15-13(7-5-8-19(15)17-14)18-23(20,21)10-12-6-3-4-9-22-12/h11-13,18H,3-10H2,1-2H3/t12-,13-/m0/s1. The van der Waals surface area contributed by atoms with E-state index < -0.39 is 10.0 Å². The third kappa shape index (κ3) is 4.10. The zero-order valence-electron chi connectivity index (χ0n) is 13.9. The highest BCUT2D eigenvalue weighted by Gasteiger charge is 2.30. The lowest BCUT2D eigenvalue weighted by Gasteiger charge is -2.26. The summed E-state index contributed by atoms with van der Waals surface area (Å²) in [7, 11) is -3.39. The number of hydrogen-bond acceptors (Lipinski definition) is 5. The van der Waals surface area contributed by atoms with Crippen LogP contribution in [0, 0.1) is 0 Å². The molecule has 0 amide bonds. The van der Waals surface area contributed by atoms with Crippen molar-refractivity contribution in [1.29, 1.82) is 0 Å². The van der Waals surface area contributed by atoms with E-state index in [1.807, 2.05) is 18.5 Å². The summed E-state index contributed by atoms with van der Waals surface area (Å²) in [6.45, 7) is 5.55. The highest BCUT2D eigenvalue weighted by molar-refractivity contribution is 7.89. The van der Waals surface area contributed by atoms with Crippen molar-refractivity contribution in [2.45, 2.75) is 70.6 Å². The SMILES string of the molecule is CC(C)c1nc2n(n1)CCC[C@@H]2NS(=O)(=O)C[C@@H]1CCCCO1. The predicted octanol–water partition coefficient (Wildman–Crippen LogP) is 1.72. The molecule has 0 bridgehead atoms. The Hall–Kier alpha value is -0.990. The fraction of sp³-hybridized carbons (Fsp3) is 0.867. The van der Waals surface area contributed by atoms with E-state index in [1.165, 1.54) is 0 Å². The molecule has 0 saturated carbocycles. The monoisotopic (exact) mass is 342 g/mol. The summed E-state index contributed by atoms with van der Waals surface area (Å²) in [5, 5.41) is 4.49. The first-order chi connectivity index (χ1) is 10.9. The fourth-order valence-corrected chi connectivity index (χ4v) is 4.68. The van der Waals surface area contributed by atoms with E-state index in [0.717, 1.165) is 50.3 Å². The molecule has 2 aliphatic rings. The minimum absolute atomic E-state index is 0.0364. The number of ether oxygens (including phenoxy) is 1. The Kier molecular flexibility index (Phi) is 5.03. The number of hydrogen-bond donors (Lipinski definition) is 1. The first kappa shape index (κ1) is 16.9. The molecule has 23 heavy (non-hydrogen) atoms. The molecule has 0 aromatic carbocycles. The van der Waals surface area contributed by atoms with Gasteiger partial charge >= 0.3 is 0 Å². The summed E-state index contributed by atoms with van der Waals surface area (Å²) in [6, 6.07) is -0.280. The maximum Gasteiger partial charge on any atom is 0.214 e. The van der Waals surface area contributed by atoms with E-state index in [2.05, 4.69) is 14.8 Å². The van der Waals surface area contributed by atoms with Crippen LogP contribution in [0.3, 0.4) is 0 Å². The molecule has 1 aromatic rings. The molecule has 0 aliphatic carbocycles. The van der Waals surface area contributed by atoms with Crippen LogP contribution in [0.2, 0.25) is 0 Å². The number of fused-ring (bicyclic) bond motifs is 1. The third-order valence-corrected chi connectivity index (χ3v) is 5.86. The van der Waals surface area contributed by atoms with Crippen molar-refractivity contribution >= 4 is 10.0 Å². The first-order valence-electron chi connectivity index (χ1n) is 8.51. The molecule has 1 fully saturated rings. The van der Waals surface area contributed by atoms with Crippen LogP contribution < -0.4 is 4.72 Å². The Labute approximate surface area is 137 Å². The molecule has 0 unspecified atom stereocenters. The maximum absolute atomic E-state index is 12.5. The molecule has 0 spiro atoms. The second kappa shape index (κ2) is 6.86. The van der Waals surface area contributed by atoms with Gasteiger partial charge in [0.2, 0.25) is 10.0 Å². The van der Waals surface area contributed by atoms with Crippen LogP contribution in [0.15, 0.2) is 0 Å². The van der Waals surface area contributed by atoms with Crippen molar-refractivity contribution in [2.75, 3.05) is 12.4 Å². The lowest BCUT2D eigenvalue weighted by Crippen LogP contribution is -2.39. The summed E-state index contributed by atoms with van der Waals surface area (Å²) in [5.74, 6) is 1.80. The summed E-state index contributed by atoms with van der Waals surface area (Å²) >= 11 is 0. The van der Waals surface area contributed by atoms with E-state index >= 15 is 0 Å². The molecule has 8 heteroatoms. The van der Waals surface area contributed by atoms with Crippen molar-refractivity contribution in [3.63, 3.8) is 0 Å². The largest absolute Gasteiger partial charge is 0.377 e. The number of sulfonamides is 1. The Bertz CT molecular complexity index is 635. The molecule has 0 radical (unpaired) electrons. The molecule has 1 saturated heterocycles. The molecular weight excluding hydrogens is 316 g/mol. The van der Waals surface area contributed by atoms with Gasteiger partial charge in [-0.1, -0.05) is 13.8 Å². The van der Waals surface area contributed by atoms with Gasteiger partial charge in [-0.05, 0) is 32.1 Å². The summed E-state index contributed by atoms with van der Waals surface area (Å²) in [6.07, 6.45) is 4.36. The van der Waals surface area contributed by atoms with Crippen LogP contribution in [-0.4, -0.2) is 41.6 Å². The lowest BCUT2D eigenvalue weighted by atomic mass is 10.1. The number of aryl methyl sites for hydroxylation is 1. The van der Waals surface area contributed by atoms with E-state index in [4.69, 9.17) is 4.74 Å². The molecule has 3 rings (SSSR count). The summed E-state index contributed by atoms with van der Waals surface area (Å²) in [5.41, 5.74) is 0. The predicted molar refractivity (Wildman–Crippen MR) is 86.6 cm³/mol. The van der Waals surface area contributed by atoms with Crippen molar-refractivity contribution in [2.24, 2.45) is 0 Å². The van der Waals surface area contributed by atoms with Crippen molar-refractivity contribution < 1.29 is 13.2 Å². The molecule has 1 N–H and O–H groups in total. The zero-order chi connectivity index (χ0) is 16.4. The maximum atomic E-state index is 12.5. The number of nitrogens with zero attached hydrogens (tertiary/aromatic N) is 3. The van der Waals surface area contributed by atoms with E-state index in [0.29, 0.717) is 6.61 Å². The van der Waals surface area contributed by atoms with Gasteiger partial charge in [0, 0.05) is 19.1 Å². The van der Waals surface area contributed by atoms with E-state index in [-0.39, 0.29) is 23.8 Å². The van der Waals surface area contributed by atoms with E-state index in [9.17, 15) is 8.42 Å². The van der Waals surface area contributed by atoms with Crippen molar-refractivity contribution in [3.05, 3.63) is 11.6 Å². The van der Waals surface area contributed by atoms with Crippen molar-refractivity contribution in [3.8, 4) is 0 Å². The minimum Gasteiger partial charge on any atom is -0.377 e. The van der Waals surface area contributed by atoms with Crippen molar-refractivity contribution in [1.82, 2.24) is 19.5 Å².